The normalized spacial score (nSPS) is 40.4. The molecule has 1 aromatic rings. The molecule has 1 fully saturated rings. The second-order valence-corrected chi connectivity index (χ2v) is 1.89. The van der Waals surface area contributed by atoms with Crippen LogP contribution in [-0.4, -0.2) is 18.1 Å². The van der Waals surface area contributed by atoms with E-state index in [4.69, 9.17) is 11.0 Å². The van der Waals surface area contributed by atoms with Gasteiger partial charge in [-0.2, -0.15) is 0 Å². The molecule has 0 aliphatic carbocycles. The van der Waals surface area contributed by atoms with Gasteiger partial charge in [-0.25, -0.2) is 0 Å². The van der Waals surface area contributed by atoms with E-state index in [9.17, 15) is 4.79 Å². The molecule has 0 bridgehead atoms. The Balaban J connectivity index is 2.76. The molecule has 0 unspecified atom stereocenters. The number of nitrogens with one attached hydrogen (secondary N) is 1. The minimum absolute atomic E-state index is 0.709. The summed E-state index contributed by atoms with van der Waals surface area (Å²) in [5.74, 6) is -2.68. The highest BCUT2D eigenvalue weighted by Crippen LogP contribution is 2.20. The van der Waals surface area contributed by atoms with Crippen molar-refractivity contribution in [2.75, 3.05) is 13.1 Å². The number of aromatic nitrogens is 1. The van der Waals surface area contributed by atoms with Crippen LogP contribution in [-0.2, 0) is 4.74 Å². The van der Waals surface area contributed by atoms with Crippen LogP contribution in [0.5, 0.6) is 0 Å². The molecule has 2 rings (SSSR count). The zero-order valence-corrected chi connectivity index (χ0v) is 5.32. The van der Waals surface area contributed by atoms with Crippen LogP contribution in [0.2, 0.25) is 0 Å². The Kier molecular flexibility index (Phi) is 0.502. The summed E-state index contributed by atoms with van der Waals surface area (Å²) in [6.07, 6.45) is 0. The molecule has 58 valence electrons. The number of pyridine rings is 1. The van der Waals surface area contributed by atoms with Gasteiger partial charge in [0, 0.05) is 19.0 Å². The highest BCUT2D eigenvalue weighted by molar-refractivity contribution is 5.11. The summed E-state index contributed by atoms with van der Waals surface area (Å²) in [6.45, 7) is -5.52. The van der Waals surface area contributed by atoms with Gasteiger partial charge >= 0.3 is 0 Å². The molecule has 1 aromatic heterocycles. The van der Waals surface area contributed by atoms with Crippen molar-refractivity contribution in [1.82, 2.24) is 4.98 Å². The molecule has 1 N–H and O–H groups in total. The molecule has 3 heteroatoms. The van der Waals surface area contributed by atoms with Crippen molar-refractivity contribution in [2.24, 2.45) is 0 Å². The fourth-order valence-electron chi connectivity index (χ4n) is 0.656. The molecular formula is C8H9NO2. The Labute approximate surface area is 75.3 Å². The van der Waals surface area contributed by atoms with Crippen molar-refractivity contribution in [2.45, 2.75) is 5.89 Å². The third kappa shape index (κ3) is 1.19. The van der Waals surface area contributed by atoms with Gasteiger partial charge in [-0.15, -0.1) is 0 Å². The van der Waals surface area contributed by atoms with Crippen molar-refractivity contribution in [3.63, 3.8) is 0 Å². The predicted molar refractivity (Wildman–Crippen MR) is 40.6 cm³/mol. The van der Waals surface area contributed by atoms with E-state index in [-0.39, 0.29) is 0 Å². The summed E-state index contributed by atoms with van der Waals surface area (Å²) in [7, 11) is 0. The third-order valence-electron chi connectivity index (χ3n) is 1.16. The van der Waals surface area contributed by atoms with E-state index in [1.165, 1.54) is 0 Å². The predicted octanol–water partition coefficient (Wildman–Crippen LogP) is 0.489. The average molecular weight is 159 g/mol. The van der Waals surface area contributed by atoms with Gasteiger partial charge in [-0.1, -0.05) is 6.04 Å². The molecule has 1 saturated heterocycles. The van der Waals surface area contributed by atoms with Crippen molar-refractivity contribution in [3.05, 3.63) is 34.2 Å². The lowest BCUT2D eigenvalue weighted by Crippen LogP contribution is -2.27. The average Bonchev–Trinajstić information content (AvgIpc) is 2.28. The number of hydrogen-bond donors (Lipinski definition) is 1. The molecule has 0 spiro atoms. The first-order valence-corrected chi connectivity index (χ1v) is 2.86. The van der Waals surface area contributed by atoms with Gasteiger partial charge in [0.2, 0.25) is 5.56 Å². The zero-order valence-electron chi connectivity index (χ0n) is 13.3. The molecule has 11 heavy (non-hydrogen) atoms. The van der Waals surface area contributed by atoms with Crippen LogP contribution in [0.1, 0.15) is 22.6 Å². The van der Waals surface area contributed by atoms with Gasteiger partial charge in [0.25, 0.3) is 0 Å². The highest BCUT2D eigenvalue weighted by atomic mass is 16.5. The summed E-state index contributed by atoms with van der Waals surface area (Å²) in [4.78, 5) is 13.3. The highest BCUT2D eigenvalue weighted by Gasteiger charge is 2.20. The quantitative estimate of drug-likeness (QED) is 0.648. The lowest BCUT2D eigenvalue weighted by atomic mass is 10.0. The Morgan fingerprint density at radius 2 is 2.64 bits per heavy atom. The Morgan fingerprint density at radius 1 is 1.82 bits per heavy atom. The van der Waals surface area contributed by atoms with E-state index < -0.39 is 48.4 Å². The summed E-state index contributed by atoms with van der Waals surface area (Å²) in [5, 5.41) is 0. The summed E-state index contributed by atoms with van der Waals surface area (Å²) >= 11 is 0. The standard InChI is InChI=1S/C8H9NO2/c10-8-3-1-2-7(9-8)6-4-11-5-6/h1-3,6H,4-5H2,(H,9,10)/i1D,2D,3D,4D2,5D2,6D. The summed E-state index contributed by atoms with van der Waals surface area (Å²) in [6, 6.07) is -2.35. The summed E-state index contributed by atoms with van der Waals surface area (Å²) < 4.78 is 64.1. The lowest BCUT2D eigenvalue weighted by molar-refractivity contribution is 0.00664. The maximum Gasteiger partial charge on any atom is 0.248 e. The Bertz CT molecular complexity index is 596. The van der Waals surface area contributed by atoms with Gasteiger partial charge in [0.05, 0.1) is 22.7 Å². The van der Waals surface area contributed by atoms with Crippen molar-refractivity contribution >= 4 is 0 Å². The van der Waals surface area contributed by atoms with Crippen LogP contribution in [0.4, 0.5) is 0 Å². The number of hydrogen-bond acceptors (Lipinski definition) is 2. The largest absolute Gasteiger partial charge is 0.380 e. The first-order valence-electron chi connectivity index (χ1n) is 6.86. The molecular weight excluding hydrogens is 142 g/mol. The van der Waals surface area contributed by atoms with Crippen molar-refractivity contribution in [3.8, 4) is 0 Å². The number of H-pyrrole nitrogens is 1. The molecule has 0 amide bonds. The van der Waals surface area contributed by atoms with E-state index in [1.54, 1.807) is 0 Å². The van der Waals surface area contributed by atoms with Gasteiger partial charge in [0.1, 0.15) is 0 Å². The van der Waals surface area contributed by atoms with Crippen LogP contribution in [0, 0.1) is 0 Å². The molecule has 1 aliphatic heterocycles. The fraction of sp³-hybridized carbons (Fsp3) is 0.375. The van der Waals surface area contributed by atoms with E-state index in [0.29, 0.717) is 0 Å². The van der Waals surface area contributed by atoms with E-state index in [0.717, 1.165) is 0 Å². The summed E-state index contributed by atoms with van der Waals surface area (Å²) in [5.41, 5.74) is -1.79. The molecule has 2 heterocycles. The topological polar surface area (TPSA) is 42.1 Å². The second kappa shape index (κ2) is 2.51. The molecule has 0 radical (unpaired) electrons. The third-order valence-corrected chi connectivity index (χ3v) is 1.16. The minimum Gasteiger partial charge on any atom is -0.380 e. The lowest BCUT2D eigenvalue weighted by Gasteiger charge is -2.25. The van der Waals surface area contributed by atoms with Gasteiger partial charge in [-0.3, -0.25) is 4.79 Å². The smallest absolute Gasteiger partial charge is 0.248 e. The molecule has 0 aromatic carbocycles. The Morgan fingerprint density at radius 3 is 3.36 bits per heavy atom. The second-order valence-electron chi connectivity index (χ2n) is 1.89. The Hall–Kier alpha value is -1.09. The zero-order chi connectivity index (χ0) is 14.8. The fourth-order valence-corrected chi connectivity index (χ4v) is 0.656. The van der Waals surface area contributed by atoms with Crippen LogP contribution < -0.4 is 5.56 Å². The molecule has 0 atom stereocenters. The first kappa shape index (κ1) is 2.20. The van der Waals surface area contributed by atoms with Gasteiger partial charge in [-0.05, 0) is 6.04 Å². The van der Waals surface area contributed by atoms with Gasteiger partial charge in [0.15, 0.2) is 0 Å². The monoisotopic (exact) mass is 159 g/mol. The number of ether oxygens (including phenoxy) is 1. The van der Waals surface area contributed by atoms with Crippen molar-refractivity contribution in [1.29, 1.82) is 0 Å². The van der Waals surface area contributed by atoms with E-state index in [1.807, 2.05) is 4.98 Å². The number of aromatic amines is 1. The van der Waals surface area contributed by atoms with Crippen LogP contribution in [0.25, 0.3) is 0 Å². The minimum atomic E-state index is -2.76. The maximum atomic E-state index is 11.4. The SMILES string of the molecule is [2H]c1c(C2([2H])C([2H])([2H])OC2([2H])[2H])[nH]c(=O)c([2H])c1[2H]. The molecule has 3 nitrogen and oxygen atoms in total. The van der Waals surface area contributed by atoms with Crippen LogP contribution >= 0.6 is 0 Å². The number of rotatable bonds is 1. The molecule has 1 aliphatic rings. The van der Waals surface area contributed by atoms with E-state index in [2.05, 4.69) is 4.74 Å². The van der Waals surface area contributed by atoms with Gasteiger partial charge < -0.3 is 9.72 Å². The first-order chi connectivity index (χ1) is 8.46. The van der Waals surface area contributed by atoms with Crippen LogP contribution in [0.3, 0.4) is 0 Å². The maximum absolute atomic E-state index is 11.4. The van der Waals surface area contributed by atoms with Crippen molar-refractivity contribution < 1.29 is 15.7 Å². The van der Waals surface area contributed by atoms with E-state index >= 15 is 0 Å². The van der Waals surface area contributed by atoms with Crippen LogP contribution in [0.15, 0.2) is 22.9 Å². The molecule has 0 saturated carbocycles.